The van der Waals surface area contributed by atoms with Crippen LogP contribution in [-0.2, 0) is 6.54 Å². The molecule has 1 amide bonds. The molecule has 0 spiro atoms. The lowest BCUT2D eigenvalue weighted by atomic mass is 10.2. The van der Waals surface area contributed by atoms with Crippen molar-refractivity contribution >= 4 is 28.1 Å². The van der Waals surface area contributed by atoms with Gasteiger partial charge >= 0.3 is 0 Å². The van der Waals surface area contributed by atoms with E-state index in [1.54, 1.807) is 0 Å². The van der Waals surface area contributed by atoms with E-state index >= 15 is 0 Å². The quantitative estimate of drug-likeness (QED) is 0.433. The second-order valence-corrected chi connectivity index (χ2v) is 4.98. The Balaban J connectivity index is 1.89. The van der Waals surface area contributed by atoms with Crippen molar-refractivity contribution in [1.82, 2.24) is 15.0 Å². The number of nitrogen functional groups attached to an aromatic ring is 1. The summed E-state index contributed by atoms with van der Waals surface area (Å²) in [5, 5.41) is 3.45. The highest BCUT2D eigenvalue weighted by molar-refractivity contribution is 7.11. The van der Waals surface area contributed by atoms with Crippen LogP contribution in [0.15, 0.2) is 41.9 Å². The van der Waals surface area contributed by atoms with Gasteiger partial charge in [-0.1, -0.05) is 18.2 Å². The summed E-state index contributed by atoms with van der Waals surface area (Å²) in [4.78, 5) is 15.6. The van der Waals surface area contributed by atoms with Gasteiger partial charge in [0.1, 0.15) is 0 Å². The average Bonchev–Trinajstić information content (AvgIpc) is 3.06. The molecule has 0 unspecified atom stereocenters. The zero-order valence-electron chi connectivity index (χ0n) is 10.0. The van der Waals surface area contributed by atoms with Crippen molar-refractivity contribution in [2.24, 2.45) is 5.84 Å². The largest absolute Gasteiger partial charge is 0.341 e. The van der Waals surface area contributed by atoms with Gasteiger partial charge in [0, 0.05) is 17.1 Å². The zero-order chi connectivity index (χ0) is 13.2. The Hall–Kier alpha value is -2.18. The van der Waals surface area contributed by atoms with Gasteiger partial charge in [-0.25, -0.2) is 10.8 Å². The molecule has 0 fully saturated rings. The number of thiazole rings is 1. The number of carbonyl (C=O) groups is 1. The van der Waals surface area contributed by atoms with E-state index in [-0.39, 0.29) is 5.91 Å². The van der Waals surface area contributed by atoms with Crippen LogP contribution >= 0.6 is 11.3 Å². The zero-order valence-corrected chi connectivity index (χ0v) is 10.9. The standard InChI is InChI=1S/C13H12N4OS/c14-16-12(18)13-15-10(8-19-13)7-17-6-5-9-3-1-2-4-11(9)17/h1-6,8H,7,14H2,(H,16,18). The van der Waals surface area contributed by atoms with E-state index in [9.17, 15) is 4.79 Å². The number of fused-ring (bicyclic) bond motifs is 1. The molecule has 0 bridgehead atoms. The number of hydrogen-bond acceptors (Lipinski definition) is 4. The van der Waals surface area contributed by atoms with Crippen molar-refractivity contribution in [2.45, 2.75) is 6.54 Å². The van der Waals surface area contributed by atoms with Crippen molar-refractivity contribution < 1.29 is 4.79 Å². The molecular weight excluding hydrogens is 260 g/mol. The molecule has 0 atom stereocenters. The Morgan fingerprint density at radius 1 is 1.37 bits per heavy atom. The summed E-state index contributed by atoms with van der Waals surface area (Å²) < 4.78 is 2.11. The molecule has 0 aliphatic heterocycles. The number of rotatable bonds is 3. The summed E-state index contributed by atoms with van der Waals surface area (Å²) in [5.74, 6) is 4.73. The fourth-order valence-corrected chi connectivity index (χ4v) is 2.71. The molecule has 0 saturated heterocycles. The molecule has 3 aromatic rings. The molecule has 2 aromatic heterocycles. The van der Waals surface area contributed by atoms with Crippen LogP contribution < -0.4 is 11.3 Å². The van der Waals surface area contributed by atoms with E-state index in [4.69, 9.17) is 5.84 Å². The summed E-state index contributed by atoms with van der Waals surface area (Å²) in [6.45, 7) is 0.641. The lowest BCUT2D eigenvalue weighted by molar-refractivity contribution is 0.0953. The highest BCUT2D eigenvalue weighted by atomic mass is 32.1. The molecule has 19 heavy (non-hydrogen) atoms. The van der Waals surface area contributed by atoms with Crippen LogP contribution in [0.2, 0.25) is 0 Å². The minimum absolute atomic E-state index is 0.353. The summed E-state index contributed by atoms with van der Waals surface area (Å²) in [6, 6.07) is 10.2. The number of hydrogen-bond donors (Lipinski definition) is 2. The number of carbonyl (C=O) groups excluding carboxylic acids is 1. The molecule has 3 N–H and O–H groups in total. The van der Waals surface area contributed by atoms with Gasteiger partial charge in [0.25, 0.3) is 5.91 Å². The fourth-order valence-electron chi connectivity index (χ4n) is 2.00. The molecule has 0 radical (unpaired) electrons. The second kappa shape index (κ2) is 4.83. The van der Waals surface area contributed by atoms with Crippen molar-refractivity contribution in [1.29, 1.82) is 0 Å². The van der Waals surface area contributed by atoms with E-state index in [0.717, 1.165) is 11.2 Å². The molecule has 5 nitrogen and oxygen atoms in total. The van der Waals surface area contributed by atoms with Crippen molar-refractivity contribution in [3.05, 3.63) is 52.6 Å². The maximum Gasteiger partial charge on any atom is 0.294 e. The van der Waals surface area contributed by atoms with Crippen LogP contribution in [0.1, 0.15) is 15.5 Å². The molecule has 1 aromatic carbocycles. The Morgan fingerprint density at radius 2 is 2.21 bits per heavy atom. The van der Waals surface area contributed by atoms with Crippen LogP contribution in [0.25, 0.3) is 10.9 Å². The maximum atomic E-state index is 11.3. The summed E-state index contributed by atoms with van der Waals surface area (Å²) in [7, 11) is 0. The van der Waals surface area contributed by atoms with Crippen molar-refractivity contribution in [3.63, 3.8) is 0 Å². The number of hydrazine groups is 1. The lowest BCUT2D eigenvalue weighted by Crippen LogP contribution is -2.29. The normalized spacial score (nSPS) is 10.8. The van der Waals surface area contributed by atoms with Gasteiger partial charge < -0.3 is 4.57 Å². The molecule has 0 saturated carbocycles. The number of para-hydroxylation sites is 1. The molecule has 0 aliphatic rings. The third kappa shape index (κ3) is 2.23. The first kappa shape index (κ1) is 11.9. The van der Waals surface area contributed by atoms with E-state index in [1.807, 2.05) is 23.7 Å². The number of nitrogens with one attached hydrogen (secondary N) is 1. The van der Waals surface area contributed by atoms with Crippen LogP contribution in [0.5, 0.6) is 0 Å². The first-order valence-corrected chi connectivity index (χ1v) is 6.65. The summed E-state index contributed by atoms with van der Waals surface area (Å²) >= 11 is 1.29. The average molecular weight is 272 g/mol. The number of nitrogens with zero attached hydrogens (tertiary/aromatic N) is 2. The van der Waals surface area contributed by atoms with Gasteiger partial charge in [0.05, 0.1) is 12.2 Å². The molecule has 2 heterocycles. The van der Waals surface area contributed by atoms with Gasteiger partial charge in [-0.3, -0.25) is 10.2 Å². The Labute approximate surface area is 113 Å². The number of nitrogens with two attached hydrogens (primary N) is 1. The van der Waals surface area contributed by atoms with E-state index < -0.39 is 0 Å². The van der Waals surface area contributed by atoms with Crippen LogP contribution in [0.3, 0.4) is 0 Å². The molecule has 6 heteroatoms. The molecular formula is C13H12N4OS. The maximum absolute atomic E-state index is 11.3. The molecule has 96 valence electrons. The van der Waals surface area contributed by atoms with Crippen molar-refractivity contribution in [2.75, 3.05) is 0 Å². The number of amides is 1. The van der Waals surface area contributed by atoms with Crippen LogP contribution in [0.4, 0.5) is 0 Å². The SMILES string of the molecule is NNC(=O)c1nc(Cn2ccc3ccccc32)cs1. The predicted molar refractivity (Wildman–Crippen MR) is 74.8 cm³/mol. The number of aromatic nitrogens is 2. The van der Waals surface area contributed by atoms with E-state index in [0.29, 0.717) is 11.6 Å². The first-order valence-electron chi connectivity index (χ1n) is 5.77. The second-order valence-electron chi connectivity index (χ2n) is 4.12. The monoisotopic (exact) mass is 272 g/mol. The third-order valence-corrected chi connectivity index (χ3v) is 3.78. The third-order valence-electron chi connectivity index (χ3n) is 2.89. The van der Waals surface area contributed by atoms with E-state index in [1.165, 1.54) is 16.7 Å². The van der Waals surface area contributed by atoms with Gasteiger partial charge in [0.15, 0.2) is 5.01 Å². The first-order chi connectivity index (χ1) is 9.28. The number of benzene rings is 1. The van der Waals surface area contributed by atoms with E-state index in [2.05, 4.69) is 33.2 Å². The fraction of sp³-hybridized carbons (Fsp3) is 0.0769. The highest BCUT2D eigenvalue weighted by Gasteiger charge is 2.10. The van der Waals surface area contributed by atoms with Gasteiger partial charge in [-0.05, 0) is 17.5 Å². The molecule has 3 rings (SSSR count). The summed E-state index contributed by atoms with van der Waals surface area (Å²) in [5.41, 5.74) is 4.09. The Kier molecular flexibility index (Phi) is 3.02. The minimum atomic E-state index is -0.353. The molecule has 0 aliphatic carbocycles. The van der Waals surface area contributed by atoms with Crippen LogP contribution in [0, 0.1) is 0 Å². The predicted octanol–water partition coefficient (Wildman–Crippen LogP) is 1.75. The Bertz CT molecular complexity index is 731. The van der Waals surface area contributed by atoms with Crippen molar-refractivity contribution in [3.8, 4) is 0 Å². The van der Waals surface area contributed by atoms with Gasteiger partial charge in [-0.15, -0.1) is 11.3 Å². The lowest BCUT2D eigenvalue weighted by Gasteiger charge is -2.02. The van der Waals surface area contributed by atoms with Gasteiger partial charge in [0.2, 0.25) is 0 Å². The van der Waals surface area contributed by atoms with Gasteiger partial charge in [-0.2, -0.15) is 0 Å². The highest BCUT2D eigenvalue weighted by Crippen LogP contribution is 2.17. The smallest absolute Gasteiger partial charge is 0.294 e. The summed E-state index contributed by atoms with van der Waals surface area (Å²) in [6.07, 6.45) is 2.02. The topological polar surface area (TPSA) is 72.9 Å². The Morgan fingerprint density at radius 3 is 3.05 bits per heavy atom. The minimum Gasteiger partial charge on any atom is -0.341 e. The van der Waals surface area contributed by atoms with Crippen LogP contribution in [-0.4, -0.2) is 15.5 Å².